The molecule has 1 N–H and O–H groups in total. The summed E-state index contributed by atoms with van der Waals surface area (Å²) in [5, 5.41) is 2.34. The molecule has 0 aliphatic carbocycles. The van der Waals surface area contributed by atoms with Crippen molar-refractivity contribution in [2.45, 2.75) is 31.8 Å². The Kier molecular flexibility index (Phi) is 3.92. The fourth-order valence-corrected chi connectivity index (χ4v) is 3.81. The monoisotopic (exact) mass is 339 g/mol. The number of nitrogens with one attached hydrogen (secondary N) is 1. The number of piperidine rings is 1. The van der Waals surface area contributed by atoms with Gasteiger partial charge in [-0.1, -0.05) is 12.1 Å². The zero-order valence-electron chi connectivity index (χ0n) is 14.2. The van der Waals surface area contributed by atoms with Crippen molar-refractivity contribution in [3.8, 4) is 0 Å². The lowest BCUT2D eigenvalue weighted by Crippen LogP contribution is -2.52. The van der Waals surface area contributed by atoms with E-state index in [1.165, 1.54) is 5.57 Å². The molecule has 0 spiro atoms. The average molecular weight is 339 g/mol. The second kappa shape index (κ2) is 6.11. The molecule has 1 aromatic rings. The van der Waals surface area contributed by atoms with Gasteiger partial charge in [-0.25, -0.2) is 0 Å². The SMILES string of the molecule is CN1CC=C(c2ccc3c(c2)CN(C2CCC(=O)NC2=O)C3=O)CC1. The largest absolute Gasteiger partial charge is 0.322 e. The molecule has 1 aromatic carbocycles. The van der Waals surface area contributed by atoms with Crippen LogP contribution in [0.5, 0.6) is 0 Å². The highest BCUT2D eigenvalue weighted by Crippen LogP contribution is 2.31. The van der Waals surface area contributed by atoms with Crippen LogP contribution in [-0.4, -0.2) is 53.7 Å². The van der Waals surface area contributed by atoms with Crippen molar-refractivity contribution >= 4 is 23.3 Å². The first-order valence-corrected chi connectivity index (χ1v) is 8.68. The molecule has 3 heterocycles. The molecule has 4 rings (SSSR count). The third-order valence-electron chi connectivity index (χ3n) is 5.31. The van der Waals surface area contributed by atoms with Crippen LogP contribution in [0.15, 0.2) is 24.3 Å². The van der Waals surface area contributed by atoms with E-state index in [-0.39, 0.29) is 24.1 Å². The number of carbonyl (C=O) groups is 3. The van der Waals surface area contributed by atoms with Gasteiger partial charge < -0.3 is 9.80 Å². The lowest BCUT2D eigenvalue weighted by Gasteiger charge is -2.29. The molecule has 0 saturated carbocycles. The molecule has 130 valence electrons. The minimum absolute atomic E-state index is 0.117. The van der Waals surface area contributed by atoms with E-state index in [9.17, 15) is 14.4 Å². The lowest BCUT2D eigenvalue weighted by atomic mass is 9.96. The van der Waals surface area contributed by atoms with Gasteiger partial charge in [0.2, 0.25) is 11.8 Å². The molecule has 6 nitrogen and oxygen atoms in total. The molecule has 3 aliphatic heterocycles. The highest BCUT2D eigenvalue weighted by molar-refractivity contribution is 6.05. The standard InChI is InChI=1S/C19H21N3O3/c1-21-8-6-12(7-9-21)13-2-3-15-14(10-13)11-22(19(15)25)16-4-5-17(23)20-18(16)24/h2-3,6,10,16H,4-5,7-9,11H2,1H3,(H,20,23,24). The Hall–Kier alpha value is -2.47. The Bertz CT molecular complexity index is 799. The number of nitrogens with zero attached hydrogens (tertiary/aromatic N) is 2. The summed E-state index contributed by atoms with van der Waals surface area (Å²) in [6, 6.07) is 5.40. The maximum atomic E-state index is 12.7. The summed E-state index contributed by atoms with van der Waals surface area (Å²) in [4.78, 5) is 40.0. The summed E-state index contributed by atoms with van der Waals surface area (Å²) in [5.41, 5.74) is 4.10. The number of fused-ring (bicyclic) bond motifs is 1. The maximum Gasteiger partial charge on any atom is 0.255 e. The van der Waals surface area contributed by atoms with Gasteiger partial charge in [-0.05, 0) is 48.7 Å². The fraction of sp³-hybridized carbons (Fsp3) is 0.421. The van der Waals surface area contributed by atoms with Crippen LogP contribution >= 0.6 is 0 Å². The number of amides is 3. The normalized spacial score (nSPS) is 24.2. The van der Waals surface area contributed by atoms with Crippen LogP contribution in [0.2, 0.25) is 0 Å². The van der Waals surface area contributed by atoms with Crippen molar-refractivity contribution in [2.24, 2.45) is 0 Å². The van der Waals surface area contributed by atoms with Crippen molar-refractivity contribution in [1.82, 2.24) is 15.1 Å². The Labute approximate surface area is 146 Å². The van der Waals surface area contributed by atoms with Crippen LogP contribution in [0, 0.1) is 0 Å². The van der Waals surface area contributed by atoms with Crippen LogP contribution in [-0.2, 0) is 16.1 Å². The van der Waals surface area contributed by atoms with E-state index in [2.05, 4.69) is 29.4 Å². The van der Waals surface area contributed by atoms with E-state index < -0.39 is 6.04 Å². The summed E-state index contributed by atoms with van der Waals surface area (Å²) < 4.78 is 0. The van der Waals surface area contributed by atoms with E-state index in [4.69, 9.17) is 0 Å². The van der Waals surface area contributed by atoms with Gasteiger partial charge in [-0.2, -0.15) is 0 Å². The van der Waals surface area contributed by atoms with E-state index in [0.29, 0.717) is 18.5 Å². The summed E-state index contributed by atoms with van der Waals surface area (Å²) in [5.74, 6) is -0.744. The van der Waals surface area contributed by atoms with Crippen LogP contribution in [0.25, 0.3) is 5.57 Å². The highest BCUT2D eigenvalue weighted by atomic mass is 16.2. The van der Waals surface area contributed by atoms with Gasteiger partial charge in [0.1, 0.15) is 6.04 Å². The quantitative estimate of drug-likeness (QED) is 0.821. The minimum atomic E-state index is -0.552. The van der Waals surface area contributed by atoms with Gasteiger partial charge in [0, 0.05) is 31.6 Å². The Morgan fingerprint density at radius 2 is 2.00 bits per heavy atom. The molecule has 6 heteroatoms. The van der Waals surface area contributed by atoms with Gasteiger partial charge in [0.25, 0.3) is 5.91 Å². The van der Waals surface area contributed by atoms with Crippen molar-refractivity contribution in [3.63, 3.8) is 0 Å². The van der Waals surface area contributed by atoms with Crippen LogP contribution < -0.4 is 5.32 Å². The molecule has 1 saturated heterocycles. The van der Waals surface area contributed by atoms with Crippen molar-refractivity contribution in [1.29, 1.82) is 0 Å². The third-order valence-corrected chi connectivity index (χ3v) is 5.31. The van der Waals surface area contributed by atoms with Crippen LogP contribution in [0.3, 0.4) is 0 Å². The minimum Gasteiger partial charge on any atom is -0.322 e. The summed E-state index contributed by atoms with van der Waals surface area (Å²) in [6.07, 6.45) is 3.91. The predicted octanol–water partition coefficient (Wildman–Crippen LogP) is 1.17. The van der Waals surface area contributed by atoms with Crippen molar-refractivity contribution in [2.75, 3.05) is 20.1 Å². The van der Waals surface area contributed by atoms with E-state index >= 15 is 0 Å². The van der Waals surface area contributed by atoms with Gasteiger partial charge >= 0.3 is 0 Å². The van der Waals surface area contributed by atoms with E-state index in [1.807, 2.05) is 12.1 Å². The molecule has 3 aliphatic rings. The van der Waals surface area contributed by atoms with E-state index in [1.54, 1.807) is 4.90 Å². The number of carbonyl (C=O) groups excluding carboxylic acids is 3. The Morgan fingerprint density at radius 3 is 2.72 bits per heavy atom. The molecule has 3 amide bonds. The number of rotatable bonds is 2. The summed E-state index contributed by atoms with van der Waals surface area (Å²) in [7, 11) is 2.10. The number of imide groups is 1. The predicted molar refractivity (Wildman–Crippen MR) is 92.6 cm³/mol. The van der Waals surface area contributed by atoms with Gasteiger partial charge in [0.15, 0.2) is 0 Å². The topological polar surface area (TPSA) is 69.7 Å². The molecule has 1 unspecified atom stereocenters. The average Bonchev–Trinajstić information content (AvgIpc) is 2.92. The third kappa shape index (κ3) is 2.87. The molecule has 0 radical (unpaired) electrons. The molecule has 25 heavy (non-hydrogen) atoms. The molecular weight excluding hydrogens is 318 g/mol. The number of hydrogen-bond acceptors (Lipinski definition) is 4. The smallest absolute Gasteiger partial charge is 0.255 e. The number of hydrogen-bond donors (Lipinski definition) is 1. The van der Waals surface area contributed by atoms with Gasteiger partial charge in [0.05, 0.1) is 0 Å². The second-order valence-electron chi connectivity index (χ2n) is 7.01. The fourth-order valence-electron chi connectivity index (χ4n) is 3.81. The zero-order valence-corrected chi connectivity index (χ0v) is 14.2. The first-order valence-electron chi connectivity index (χ1n) is 8.68. The lowest BCUT2D eigenvalue weighted by molar-refractivity contribution is -0.136. The summed E-state index contributed by atoms with van der Waals surface area (Å²) >= 11 is 0. The van der Waals surface area contributed by atoms with Crippen molar-refractivity contribution < 1.29 is 14.4 Å². The van der Waals surface area contributed by atoms with Gasteiger partial charge in [-0.3, -0.25) is 19.7 Å². The highest BCUT2D eigenvalue weighted by Gasteiger charge is 2.39. The molecule has 0 bridgehead atoms. The van der Waals surface area contributed by atoms with E-state index in [0.717, 1.165) is 30.6 Å². The Balaban J connectivity index is 1.57. The first kappa shape index (κ1) is 16.0. The first-order chi connectivity index (χ1) is 12.0. The van der Waals surface area contributed by atoms with Crippen LogP contribution in [0.4, 0.5) is 0 Å². The van der Waals surface area contributed by atoms with Gasteiger partial charge in [-0.15, -0.1) is 0 Å². The molecule has 1 atom stereocenters. The molecule has 1 fully saturated rings. The van der Waals surface area contributed by atoms with Crippen LogP contribution in [0.1, 0.15) is 40.7 Å². The van der Waals surface area contributed by atoms with Crippen molar-refractivity contribution in [3.05, 3.63) is 41.0 Å². The Morgan fingerprint density at radius 1 is 1.16 bits per heavy atom. The second-order valence-corrected chi connectivity index (χ2v) is 7.01. The number of likely N-dealkylation sites (N-methyl/N-ethyl adjacent to an activating group) is 1. The molecule has 0 aromatic heterocycles. The molecular formula is C19H21N3O3. The maximum absolute atomic E-state index is 12.7. The zero-order chi connectivity index (χ0) is 17.6. The number of benzene rings is 1. The summed E-state index contributed by atoms with van der Waals surface area (Å²) in [6.45, 7) is 2.40.